The van der Waals surface area contributed by atoms with Crippen LogP contribution in [0.4, 0.5) is 46.1 Å². The molecule has 23 heteroatoms. The van der Waals surface area contributed by atoms with Crippen molar-refractivity contribution in [3.63, 3.8) is 0 Å². The highest BCUT2D eigenvalue weighted by Gasteiger charge is 2.22. The van der Waals surface area contributed by atoms with E-state index in [4.69, 9.17) is 28.5 Å². The highest BCUT2D eigenvalue weighted by atomic mass is 32.1. The number of hydroxylamine groups is 1. The average Bonchev–Trinajstić information content (AvgIpc) is 3.64. The third-order valence-corrected chi connectivity index (χ3v) is 9.73. The molecule has 6 N–H and O–H groups in total. The second-order valence-corrected chi connectivity index (χ2v) is 14.8. The number of anilines is 5. The topological polar surface area (TPSA) is 235 Å². The van der Waals surface area contributed by atoms with Crippen LogP contribution >= 0.6 is 11.3 Å². The van der Waals surface area contributed by atoms with Crippen LogP contribution in [0.15, 0.2) is 48.5 Å². The van der Waals surface area contributed by atoms with Crippen LogP contribution in [-0.4, -0.2) is 120 Å². The van der Waals surface area contributed by atoms with Crippen LogP contribution in [0.5, 0.6) is 0 Å². The number of nitrogens with one attached hydrogen (secondary N) is 6. The number of carbonyl (C=O) groups excluding carboxylic acids is 3. The maximum Gasteiger partial charge on any atom is 0.348 e. The van der Waals surface area contributed by atoms with Crippen LogP contribution in [-0.2, 0) is 33.3 Å². The van der Waals surface area contributed by atoms with E-state index in [1.807, 2.05) is 0 Å². The molecule has 0 unspecified atom stereocenters. The van der Waals surface area contributed by atoms with Crippen molar-refractivity contribution in [1.29, 1.82) is 0 Å². The molecule has 0 saturated heterocycles. The Bertz CT molecular complexity index is 2190. The number of rotatable bonds is 31. The number of thiazole rings is 1. The Balaban J connectivity index is 0.926. The number of hydrogen-bond donors (Lipinski definition) is 6. The minimum Gasteiger partial charge on any atom is -0.383 e. The Morgan fingerprint density at radius 1 is 0.708 bits per heavy atom. The molecule has 4 rings (SSSR count). The van der Waals surface area contributed by atoms with Crippen molar-refractivity contribution in [3.8, 4) is 0 Å². The Morgan fingerprint density at radius 3 is 1.95 bits per heavy atom. The molecule has 0 spiro atoms. The molecular weight excluding hydrogens is 882 g/mol. The lowest BCUT2D eigenvalue weighted by Crippen LogP contribution is -2.27. The van der Waals surface area contributed by atoms with E-state index in [1.54, 1.807) is 25.1 Å². The van der Waals surface area contributed by atoms with Crippen LogP contribution in [0.3, 0.4) is 0 Å². The molecule has 0 fully saturated rings. The van der Waals surface area contributed by atoms with Gasteiger partial charge < -0.3 is 45.0 Å². The fourth-order valence-electron chi connectivity index (χ4n) is 5.60. The number of nitro groups is 1. The smallest absolute Gasteiger partial charge is 0.348 e. The number of carbonyl (C=O) groups is 3. The highest BCUT2D eigenvalue weighted by molar-refractivity contribution is 7.19. The van der Waals surface area contributed by atoms with E-state index in [9.17, 15) is 37.7 Å². The molecule has 3 aromatic carbocycles. The van der Waals surface area contributed by atoms with Gasteiger partial charge in [0.05, 0.1) is 106 Å². The van der Waals surface area contributed by atoms with E-state index in [0.29, 0.717) is 103 Å². The molecule has 0 aliphatic heterocycles. The molecule has 4 aromatic rings. The maximum absolute atomic E-state index is 14.6. The minimum absolute atomic E-state index is 0.0713. The van der Waals surface area contributed by atoms with Gasteiger partial charge in [0, 0.05) is 25.7 Å². The third kappa shape index (κ3) is 18.3. The number of nitrogens with zero attached hydrogens (tertiary/aromatic N) is 2. The molecule has 0 radical (unpaired) electrons. The number of aromatic nitrogens is 1. The zero-order chi connectivity index (χ0) is 47.0. The monoisotopic (exact) mass is 934 g/mol. The lowest BCUT2D eigenvalue weighted by atomic mass is 10.1. The van der Waals surface area contributed by atoms with Gasteiger partial charge in [-0.3, -0.25) is 34.7 Å². The third-order valence-electron chi connectivity index (χ3n) is 8.71. The van der Waals surface area contributed by atoms with Gasteiger partial charge in [-0.25, -0.2) is 23.6 Å². The Kier molecular flexibility index (Phi) is 22.5. The minimum atomic E-state index is -1.33. The normalized spacial score (nSPS) is 11.0. The number of halogens is 3. The quantitative estimate of drug-likeness (QED) is 0.0197. The summed E-state index contributed by atoms with van der Waals surface area (Å²) >= 11 is 0.744. The molecule has 0 saturated carbocycles. The molecule has 354 valence electrons. The summed E-state index contributed by atoms with van der Waals surface area (Å²) in [5.41, 5.74) is 3.17. The van der Waals surface area contributed by atoms with Gasteiger partial charge in [-0.1, -0.05) is 6.07 Å². The standard InChI is InChI=1S/C42H53F3N8O11S/c1-27-5-10-35(34(44)25-27)50-38-32(8-9-33(43)37(38)45)40(56)52-64-14-4-11-46-12-15-59-17-19-61-21-23-63-24-22-62-20-18-60-16-13-47-30-6-7-31(36(26-30)49-29(3)54)39(55)51-42-48-28(2)41(65-42)53(57)58/h5-10,25-26,46-47,50H,4,11-24H2,1-3H3,(H,49,54)(H,52,56)(H,48,51,55). The second kappa shape index (κ2) is 28.2. The second-order valence-electron chi connectivity index (χ2n) is 13.8. The molecule has 0 aliphatic rings. The van der Waals surface area contributed by atoms with Crippen LogP contribution < -0.4 is 32.1 Å². The summed E-state index contributed by atoms with van der Waals surface area (Å²) in [6, 6.07) is 10.8. The van der Waals surface area contributed by atoms with Gasteiger partial charge in [0.2, 0.25) is 5.91 Å². The van der Waals surface area contributed by atoms with Crippen molar-refractivity contribution in [2.45, 2.75) is 27.2 Å². The molecule has 0 bridgehead atoms. The fourth-order valence-corrected chi connectivity index (χ4v) is 6.38. The lowest BCUT2D eigenvalue weighted by Gasteiger charge is -2.14. The first kappa shape index (κ1) is 51.8. The maximum atomic E-state index is 14.6. The summed E-state index contributed by atoms with van der Waals surface area (Å²) in [6.45, 7) is 10.1. The molecule has 1 aromatic heterocycles. The summed E-state index contributed by atoms with van der Waals surface area (Å²) < 4.78 is 70.5. The Labute approximate surface area is 377 Å². The van der Waals surface area contributed by atoms with Crippen LogP contribution in [0.2, 0.25) is 0 Å². The first-order valence-electron chi connectivity index (χ1n) is 20.5. The van der Waals surface area contributed by atoms with Crippen molar-refractivity contribution in [2.24, 2.45) is 0 Å². The molecule has 3 amide bonds. The first-order chi connectivity index (χ1) is 31.3. The molecule has 19 nitrogen and oxygen atoms in total. The van der Waals surface area contributed by atoms with E-state index in [2.05, 4.69) is 37.0 Å². The van der Waals surface area contributed by atoms with Gasteiger partial charge in [-0.05, 0) is 86.2 Å². The van der Waals surface area contributed by atoms with Crippen molar-refractivity contribution >= 4 is 61.9 Å². The van der Waals surface area contributed by atoms with Crippen LogP contribution in [0.25, 0.3) is 0 Å². The van der Waals surface area contributed by atoms with E-state index in [0.717, 1.165) is 23.5 Å². The number of benzene rings is 3. The number of ether oxygens (including phenoxy) is 5. The average molecular weight is 935 g/mol. The number of hydrogen-bond acceptors (Lipinski definition) is 16. The summed E-state index contributed by atoms with van der Waals surface area (Å²) in [5, 5.41) is 25.0. The summed E-state index contributed by atoms with van der Waals surface area (Å²) in [6.07, 6.45) is 0.529. The van der Waals surface area contributed by atoms with E-state index in [1.165, 1.54) is 32.0 Å². The zero-order valence-electron chi connectivity index (χ0n) is 36.2. The van der Waals surface area contributed by atoms with E-state index in [-0.39, 0.29) is 50.8 Å². The lowest BCUT2D eigenvalue weighted by molar-refractivity contribution is -0.380. The molecule has 0 atom stereocenters. The highest BCUT2D eigenvalue weighted by Crippen LogP contribution is 2.31. The predicted molar refractivity (Wildman–Crippen MR) is 236 cm³/mol. The Hall–Kier alpha value is -5.79. The summed E-state index contributed by atoms with van der Waals surface area (Å²) in [7, 11) is 0. The van der Waals surface area contributed by atoms with Crippen molar-refractivity contribution in [2.75, 3.05) is 114 Å². The molecule has 0 aliphatic carbocycles. The van der Waals surface area contributed by atoms with Crippen molar-refractivity contribution in [1.82, 2.24) is 15.8 Å². The zero-order valence-corrected chi connectivity index (χ0v) is 37.0. The van der Waals surface area contributed by atoms with Gasteiger partial charge in [0.25, 0.3) is 11.8 Å². The number of amides is 3. The van der Waals surface area contributed by atoms with Gasteiger partial charge in [-0.15, -0.1) is 0 Å². The van der Waals surface area contributed by atoms with Crippen molar-refractivity contribution in [3.05, 3.63) is 98.5 Å². The molecule has 1 heterocycles. The van der Waals surface area contributed by atoms with Gasteiger partial charge in [-0.2, -0.15) is 0 Å². The molecule has 65 heavy (non-hydrogen) atoms. The molecular formula is C42H53F3N8O11S. The predicted octanol–water partition coefficient (Wildman–Crippen LogP) is 5.88. The first-order valence-corrected chi connectivity index (χ1v) is 21.3. The van der Waals surface area contributed by atoms with Gasteiger partial charge >= 0.3 is 5.00 Å². The number of aryl methyl sites for hydroxylation is 2. The fraction of sp³-hybridized carbons (Fsp3) is 0.429. The van der Waals surface area contributed by atoms with Gasteiger partial charge in [0.15, 0.2) is 16.8 Å². The van der Waals surface area contributed by atoms with Gasteiger partial charge in [0.1, 0.15) is 11.5 Å². The summed E-state index contributed by atoms with van der Waals surface area (Å²) in [5.74, 6) is -5.01. The van der Waals surface area contributed by atoms with Crippen LogP contribution in [0.1, 0.15) is 45.3 Å². The SMILES string of the molecule is CC(=O)Nc1cc(NCCOCCOCCOCCOCCOCCNCCCONC(=O)c2ccc(F)c(F)c2Nc2ccc(C)cc2F)ccc1C(=O)Nc1nc(C)c([N+](=O)[O-])s1. The largest absolute Gasteiger partial charge is 0.383 e. The van der Waals surface area contributed by atoms with Crippen LogP contribution in [0, 0.1) is 41.4 Å². The Morgan fingerprint density at radius 2 is 1.34 bits per heavy atom. The van der Waals surface area contributed by atoms with E-state index >= 15 is 0 Å². The van der Waals surface area contributed by atoms with E-state index < -0.39 is 39.9 Å². The van der Waals surface area contributed by atoms with Crippen molar-refractivity contribution < 1.29 is 61.0 Å². The summed E-state index contributed by atoms with van der Waals surface area (Å²) in [4.78, 5) is 57.1.